The van der Waals surface area contributed by atoms with Crippen molar-refractivity contribution in [2.24, 2.45) is 0 Å². The molecule has 1 aliphatic rings. The predicted octanol–water partition coefficient (Wildman–Crippen LogP) is 5.26. The van der Waals surface area contributed by atoms with Crippen molar-refractivity contribution in [3.8, 4) is 22.8 Å². The second kappa shape index (κ2) is 8.41. The Morgan fingerprint density at radius 1 is 0.900 bits per heavy atom. The SMILES string of the molecule is c1ccc(COc2ccc(-n3nc(-c4ccccn4)c4c3NCCCC4)cc2)cc1. The van der Waals surface area contributed by atoms with Crippen LogP contribution < -0.4 is 10.1 Å². The lowest BCUT2D eigenvalue weighted by Gasteiger charge is -2.11. The Labute approximate surface area is 176 Å². The second-order valence-electron chi connectivity index (χ2n) is 7.45. The van der Waals surface area contributed by atoms with Crippen LogP contribution in [0.15, 0.2) is 79.0 Å². The first-order valence-corrected chi connectivity index (χ1v) is 10.4. The highest BCUT2D eigenvalue weighted by Crippen LogP contribution is 2.33. The number of aromatic nitrogens is 3. The van der Waals surface area contributed by atoms with Crippen molar-refractivity contribution in [2.75, 3.05) is 11.9 Å². The van der Waals surface area contributed by atoms with Crippen LogP contribution in [-0.4, -0.2) is 21.3 Å². The van der Waals surface area contributed by atoms with Gasteiger partial charge in [-0.3, -0.25) is 4.98 Å². The Bertz CT molecular complexity index is 1110. The summed E-state index contributed by atoms with van der Waals surface area (Å²) in [5.41, 5.74) is 5.29. The number of benzene rings is 2. The Hall–Kier alpha value is -3.60. The molecule has 0 saturated carbocycles. The molecule has 1 N–H and O–H groups in total. The fourth-order valence-electron chi connectivity index (χ4n) is 3.82. The largest absolute Gasteiger partial charge is 0.489 e. The van der Waals surface area contributed by atoms with Gasteiger partial charge >= 0.3 is 0 Å². The van der Waals surface area contributed by atoms with Crippen LogP contribution >= 0.6 is 0 Å². The molecule has 0 fully saturated rings. The van der Waals surface area contributed by atoms with Crippen molar-refractivity contribution in [2.45, 2.75) is 25.9 Å². The standard InChI is InChI=1S/C25H24N4O/c1-2-8-19(9-3-1)18-30-21-14-12-20(13-15-21)29-25-22(10-4-6-17-27-25)24(28-29)23-11-5-7-16-26-23/h1-3,5,7-9,11-16,27H,4,6,10,17-18H2. The fourth-order valence-corrected chi connectivity index (χ4v) is 3.82. The Morgan fingerprint density at radius 3 is 2.53 bits per heavy atom. The second-order valence-corrected chi connectivity index (χ2v) is 7.45. The zero-order chi connectivity index (χ0) is 20.2. The highest BCUT2D eigenvalue weighted by Gasteiger charge is 2.22. The summed E-state index contributed by atoms with van der Waals surface area (Å²) in [5, 5.41) is 8.53. The van der Waals surface area contributed by atoms with E-state index < -0.39 is 0 Å². The normalized spacial score (nSPS) is 13.2. The smallest absolute Gasteiger partial charge is 0.133 e. The van der Waals surface area contributed by atoms with Gasteiger partial charge in [-0.2, -0.15) is 5.10 Å². The van der Waals surface area contributed by atoms with E-state index in [4.69, 9.17) is 9.84 Å². The lowest BCUT2D eigenvalue weighted by Crippen LogP contribution is -2.07. The molecule has 0 radical (unpaired) electrons. The maximum Gasteiger partial charge on any atom is 0.133 e. The maximum absolute atomic E-state index is 5.93. The van der Waals surface area contributed by atoms with Gasteiger partial charge in [-0.25, -0.2) is 4.68 Å². The summed E-state index contributed by atoms with van der Waals surface area (Å²) >= 11 is 0. The van der Waals surface area contributed by atoms with E-state index in [9.17, 15) is 0 Å². The quantitative estimate of drug-likeness (QED) is 0.500. The average molecular weight is 396 g/mol. The van der Waals surface area contributed by atoms with Crippen molar-refractivity contribution >= 4 is 5.82 Å². The van der Waals surface area contributed by atoms with Crippen LogP contribution in [0.1, 0.15) is 24.0 Å². The van der Waals surface area contributed by atoms with Crippen LogP contribution in [0.25, 0.3) is 17.1 Å². The lowest BCUT2D eigenvalue weighted by molar-refractivity contribution is 0.306. The molecule has 0 spiro atoms. The van der Waals surface area contributed by atoms with Crippen LogP contribution in [0.5, 0.6) is 5.75 Å². The fraction of sp³-hybridized carbons (Fsp3) is 0.200. The third-order valence-corrected chi connectivity index (χ3v) is 5.37. The van der Waals surface area contributed by atoms with E-state index in [1.54, 1.807) is 0 Å². The van der Waals surface area contributed by atoms with Gasteiger partial charge in [0.1, 0.15) is 23.9 Å². The van der Waals surface area contributed by atoms with Gasteiger partial charge in [0.2, 0.25) is 0 Å². The highest BCUT2D eigenvalue weighted by molar-refractivity contribution is 5.69. The van der Waals surface area contributed by atoms with Crippen LogP contribution in [-0.2, 0) is 13.0 Å². The zero-order valence-electron chi connectivity index (χ0n) is 16.8. The predicted molar refractivity (Wildman–Crippen MR) is 119 cm³/mol. The summed E-state index contributed by atoms with van der Waals surface area (Å²) < 4.78 is 7.94. The van der Waals surface area contributed by atoms with Gasteiger partial charge in [-0.05, 0) is 61.2 Å². The molecule has 0 bridgehead atoms. The third-order valence-electron chi connectivity index (χ3n) is 5.37. The Kier molecular flexibility index (Phi) is 5.17. The molecule has 3 heterocycles. The van der Waals surface area contributed by atoms with E-state index >= 15 is 0 Å². The molecule has 2 aromatic heterocycles. The number of hydrogen-bond acceptors (Lipinski definition) is 4. The molecule has 0 aliphatic carbocycles. The van der Waals surface area contributed by atoms with E-state index in [1.165, 1.54) is 5.56 Å². The first-order valence-electron chi connectivity index (χ1n) is 10.4. The lowest BCUT2D eigenvalue weighted by atomic mass is 10.1. The van der Waals surface area contributed by atoms with Gasteiger partial charge in [-0.1, -0.05) is 36.4 Å². The van der Waals surface area contributed by atoms with E-state index in [-0.39, 0.29) is 0 Å². The van der Waals surface area contributed by atoms with E-state index in [0.717, 1.165) is 60.0 Å². The van der Waals surface area contributed by atoms with Crippen molar-refractivity contribution in [3.05, 3.63) is 90.1 Å². The minimum Gasteiger partial charge on any atom is -0.489 e. The van der Waals surface area contributed by atoms with E-state index in [1.807, 2.05) is 59.4 Å². The summed E-state index contributed by atoms with van der Waals surface area (Å²) in [6, 6.07) is 24.3. The molecule has 30 heavy (non-hydrogen) atoms. The molecule has 2 aromatic carbocycles. The summed E-state index contributed by atoms with van der Waals surface area (Å²) in [4.78, 5) is 4.54. The van der Waals surface area contributed by atoms with Crippen molar-refractivity contribution in [3.63, 3.8) is 0 Å². The van der Waals surface area contributed by atoms with Crippen LogP contribution in [0.3, 0.4) is 0 Å². The highest BCUT2D eigenvalue weighted by atomic mass is 16.5. The molecule has 0 atom stereocenters. The molecule has 0 saturated heterocycles. The van der Waals surface area contributed by atoms with Gasteiger partial charge < -0.3 is 10.1 Å². The van der Waals surface area contributed by atoms with Crippen LogP contribution in [0.4, 0.5) is 5.82 Å². The first-order chi connectivity index (χ1) is 14.9. The Morgan fingerprint density at radius 2 is 1.73 bits per heavy atom. The topological polar surface area (TPSA) is 52.0 Å². The van der Waals surface area contributed by atoms with Crippen molar-refractivity contribution in [1.29, 1.82) is 0 Å². The summed E-state index contributed by atoms with van der Waals surface area (Å²) in [6.45, 7) is 1.52. The number of ether oxygens (including phenoxy) is 1. The Balaban J connectivity index is 1.44. The molecule has 0 unspecified atom stereocenters. The van der Waals surface area contributed by atoms with Crippen molar-refractivity contribution in [1.82, 2.24) is 14.8 Å². The number of fused-ring (bicyclic) bond motifs is 1. The monoisotopic (exact) mass is 396 g/mol. The molecular formula is C25H24N4O. The first kappa shape index (κ1) is 18.4. The molecule has 4 aromatic rings. The number of nitrogens with zero attached hydrogens (tertiary/aromatic N) is 3. The van der Waals surface area contributed by atoms with Gasteiger partial charge in [0.15, 0.2) is 0 Å². The molecule has 0 amide bonds. The van der Waals surface area contributed by atoms with Crippen LogP contribution in [0, 0.1) is 0 Å². The van der Waals surface area contributed by atoms with Crippen molar-refractivity contribution < 1.29 is 4.74 Å². The maximum atomic E-state index is 5.93. The number of nitrogens with one attached hydrogen (secondary N) is 1. The minimum absolute atomic E-state index is 0.558. The average Bonchev–Trinajstić information content (AvgIpc) is 3.00. The third kappa shape index (κ3) is 3.79. The van der Waals surface area contributed by atoms with Gasteiger partial charge in [0.05, 0.1) is 11.4 Å². The van der Waals surface area contributed by atoms with Crippen LogP contribution in [0.2, 0.25) is 0 Å². The zero-order valence-corrected chi connectivity index (χ0v) is 16.8. The molecule has 5 heteroatoms. The number of rotatable bonds is 5. The molecule has 5 nitrogen and oxygen atoms in total. The molecule has 1 aliphatic heterocycles. The van der Waals surface area contributed by atoms with Gasteiger partial charge in [0, 0.05) is 18.3 Å². The van der Waals surface area contributed by atoms with Gasteiger partial charge in [-0.15, -0.1) is 0 Å². The van der Waals surface area contributed by atoms with Gasteiger partial charge in [0.25, 0.3) is 0 Å². The summed E-state index contributed by atoms with van der Waals surface area (Å²) in [5.74, 6) is 1.92. The number of anilines is 1. The molecular weight excluding hydrogens is 372 g/mol. The number of pyridine rings is 1. The number of hydrogen-bond donors (Lipinski definition) is 1. The minimum atomic E-state index is 0.558. The summed E-state index contributed by atoms with van der Waals surface area (Å²) in [6.07, 6.45) is 5.14. The molecule has 150 valence electrons. The van der Waals surface area contributed by atoms with E-state index in [0.29, 0.717) is 6.61 Å². The molecule has 5 rings (SSSR count). The summed E-state index contributed by atoms with van der Waals surface area (Å²) in [7, 11) is 0. The van der Waals surface area contributed by atoms with E-state index in [2.05, 4.69) is 34.6 Å².